The molecule has 1 aliphatic carbocycles. The highest BCUT2D eigenvalue weighted by molar-refractivity contribution is 8.03. The number of nitrogens with zero attached hydrogens (tertiary/aromatic N) is 2. The second kappa shape index (κ2) is 9.50. The van der Waals surface area contributed by atoms with Crippen LogP contribution in [0.15, 0.2) is 63.4 Å². The van der Waals surface area contributed by atoms with Crippen LogP contribution in [0.3, 0.4) is 0 Å². The van der Waals surface area contributed by atoms with E-state index < -0.39 is 11.8 Å². The summed E-state index contributed by atoms with van der Waals surface area (Å²) in [6.45, 7) is 1.81. The minimum Gasteiger partial charge on any atom is -0.353 e. The molecule has 1 fully saturated rings. The molecule has 0 spiro atoms. The third kappa shape index (κ3) is 5.06. The molecule has 4 rings (SSSR count). The van der Waals surface area contributed by atoms with Crippen molar-refractivity contribution in [2.24, 2.45) is 10.9 Å². The predicted molar refractivity (Wildman–Crippen MR) is 125 cm³/mol. The van der Waals surface area contributed by atoms with Crippen LogP contribution in [0.2, 0.25) is 0 Å². The first-order chi connectivity index (χ1) is 15.1. The SMILES string of the molecule is CC1=NC(SCC(=O)NC2CC2)=C(C#N)[C@@H](c2cccs2)C1C(=O)Nc1ccccc1. The van der Waals surface area contributed by atoms with Crippen LogP contribution < -0.4 is 10.6 Å². The van der Waals surface area contributed by atoms with Gasteiger partial charge in [0, 0.05) is 28.2 Å². The molecule has 1 unspecified atom stereocenters. The summed E-state index contributed by atoms with van der Waals surface area (Å²) in [6, 6.07) is 15.7. The maximum Gasteiger partial charge on any atom is 0.234 e. The smallest absolute Gasteiger partial charge is 0.234 e. The van der Waals surface area contributed by atoms with E-state index >= 15 is 0 Å². The Balaban J connectivity index is 1.61. The monoisotopic (exact) mass is 450 g/mol. The van der Waals surface area contributed by atoms with Gasteiger partial charge in [-0.3, -0.25) is 9.59 Å². The molecule has 2 atom stereocenters. The van der Waals surface area contributed by atoms with Gasteiger partial charge in [-0.05, 0) is 43.3 Å². The van der Waals surface area contributed by atoms with Gasteiger partial charge in [0.15, 0.2) is 0 Å². The first kappa shape index (κ1) is 21.3. The summed E-state index contributed by atoms with van der Waals surface area (Å²) in [5.41, 5.74) is 1.77. The molecular formula is C23H22N4O2S2. The number of nitrogens with one attached hydrogen (secondary N) is 2. The fourth-order valence-corrected chi connectivity index (χ4v) is 5.31. The molecule has 1 aliphatic heterocycles. The number of benzene rings is 1. The lowest BCUT2D eigenvalue weighted by Crippen LogP contribution is -2.36. The van der Waals surface area contributed by atoms with E-state index in [1.807, 2.05) is 54.8 Å². The number of thioether (sulfide) groups is 1. The Labute approximate surface area is 189 Å². The number of anilines is 1. The third-order valence-corrected chi connectivity index (χ3v) is 7.13. The maximum absolute atomic E-state index is 13.3. The highest BCUT2D eigenvalue weighted by atomic mass is 32.2. The number of aliphatic imine (C=N–C) groups is 1. The zero-order chi connectivity index (χ0) is 21.8. The van der Waals surface area contributed by atoms with E-state index in [1.165, 1.54) is 23.1 Å². The van der Waals surface area contributed by atoms with Crippen LogP contribution in [0.25, 0.3) is 0 Å². The van der Waals surface area contributed by atoms with Gasteiger partial charge in [-0.15, -0.1) is 11.3 Å². The molecule has 31 heavy (non-hydrogen) atoms. The quantitative estimate of drug-likeness (QED) is 0.657. The summed E-state index contributed by atoms with van der Waals surface area (Å²) in [4.78, 5) is 30.9. The lowest BCUT2D eigenvalue weighted by Gasteiger charge is -2.30. The molecule has 2 heterocycles. The first-order valence-corrected chi connectivity index (χ1v) is 11.9. The molecular weight excluding hydrogens is 428 g/mol. The van der Waals surface area contributed by atoms with E-state index in [0.29, 0.717) is 28.0 Å². The van der Waals surface area contributed by atoms with Gasteiger partial charge < -0.3 is 10.6 Å². The summed E-state index contributed by atoms with van der Waals surface area (Å²) in [5, 5.41) is 18.4. The van der Waals surface area contributed by atoms with E-state index in [9.17, 15) is 14.9 Å². The predicted octanol–water partition coefficient (Wildman–Crippen LogP) is 4.31. The summed E-state index contributed by atoms with van der Waals surface area (Å²) in [6.07, 6.45) is 2.05. The van der Waals surface area contributed by atoms with Crippen molar-refractivity contribution in [3.63, 3.8) is 0 Å². The van der Waals surface area contributed by atoms with Crippen molar-refractivity contribution in [2.45, 2.75) is 31.7 Å². The van der Waals surface area contributed by atoms with Crippen LogP contribution in [0, 0.1) is 17.2 Å². The lowest BCUT2D eigenvalue weighted by molar-refractivity contribution is -0.119. The number of thiophene rings is 1. The van der Waals surface area contributed by atoms with Crippen LogP contribution in [0.4, 0.5) is 5.69 Å². The molecule has 2 N–H and O–H groups in total. The molecule has 6 nitrogen and oxygen atoms in total. The zero-order valence-corrected chi connectivity index (χ0v) is 18.6. The second-order valence-electron chi connectivity index (χ2n) is 7.54. The van der Waals surface area contributed by atoms with Gasteiger partial charge >= 0.3 is 0 Å². The zero-order valence-electron chi connectivity index (χ0n) is 17.0. The first-order valence-electron chi connectivity index (χ1n) is 10.1. The highest BCUT2D eigenvalue weighted by Gasteiger charge is 2.40. The van der Waals surface area contributed by atoms with Gasteiger partial charge in [0.2, 0.25) is 11.8 Å². The lowest BCUT2D eigenvalue weighted by atomic mass is 9.80. The molecule has 8 heteroatoms. The Morgan fingerprint density at radius 3 is 2.65 bits per heavy atom. The Kier molecular flexibility index (Phi) is 6.54. The van der Waals surface area contributed by atoms with Gasteiger partial charge in [0.05, 0.1) is 23.3 Å². The maximum atomic E-state index is 13.3. The molecule has 1 saturated carbocycles. The summed E-state index contributed by atoms with van der Waals surface area (Å²) < 4.78 is 0. The van der Waals surface area contributed by atoms with Crippen LogP contribution in [0.5, 0.6) is 0 Å². The Hall–Kier alpha value is -2.89. The highest BCUT2D eigenvalue weighted by Crippen LogP contribution is 2.43. The van der Waals surface area contributed by atoms with E-state index in [1.54, 1.807) is 0 Å². The Bertz CT molecular complexity index is 1070. The molecule has 2 aromatic rings. The number of nitriles is 1. The minimum atomic E-state index is -0.599. The van der Waals surface area contributed by atoms with Crippen LogP contribution in [0.1, 0.15) is 30.6 Å². The molecule has 2 amide bonds. The number of carbonyl (C=O) groups is 2. The largest absolute Gasteiger partial charge is 0.353 e. The van der Waals surface area contributed by atoms with Gasteiger partial charge in [0.1, 0.15) is 5.03 Å². The number of amides is 2. The minimum absolute atomic E-state index is 0.0539. The van der Waals surface area contributed by atoms with Crippen molar-refractivity contribution in [2.75, 3.05) is 11.1 Å². The summed E-state index contributed by atoms with van der Waals surface area (Å²) >= 11 is 2.77. The Morgan fingerprint density at radius 1 is 1.23 bits per heavy atom. The summed E-state index contributed by atoms with van der Waals surface area (Å²) in [5.74, 6) is -1.08. The van der Waals surface area contributed by atoms with E-state index in [0.717, 1.165) is 17.7 Å². The van der Waals surface area contributed by atoms with Crippen molar-refractivity contribution in [3.8, 4) is 6.07 Å². The van der Waals surface area contributed by atoms with Gasteiger partial charge in [0.25, 0.3) is 0 Å². The van der Waals surface area contributed by atoms with Gasteiger partial charge in [-0.25, -0.2) is 4.99 Å². The van der Waals surface area contributed by atoms with Crippen LogP contribution in [-0.2, 0) is 9.59 Å². The molecule has 1 aromatic carbocycles. The number of para-hydroxylation sites is 1. The van der Waals surface area contributed by atoms with E-state index in [4.69, 9.17) is 0 Å². The third-order valence-electron chi connectivity index (χ3n) is 5.18. The van der Waals surface area contributed by atoms with Crippen LogP contribution >= 0.6 is 23.1 Å². The fraction of sp³-hybridized carbons (Fsp3) is 0.304. The number of carbonyl (C=O) groups excluding carboxylic acids is 2. The summed E-state index contributed by atoms with van der Waals surface area (Å²) in [7, 11) is 0. The number of hydrogen-bond acceptors (Lipinski definition) is 6. The van der Waals surface area contributed by atoms with Crippen molar-refractivity contribution < 1.29 is 9.59 Å². The molecule has 0 radical (unpaired) electrons. The fourth-order valence-electron chi connectivity index (χ4n) is 3.55. The van der Waals surface area contributed by atoms with Crippen LogP contribution in [-0.4, -0.2) is 29.3 Å². The topological polar surface area (TPSA) is 94.3 Å². The van der Waals surface area contributed by atoms with Gasteiger partial charge in [-0.1, -0.05) is 36.0 Å². The molecule has 0 bridgehead atoms. The van der Waals surface area contributed by atoms with Crippen molar-refractivity contribution in [3.05, 3.63) is 63.3 Å². The number of allylic oxidation sites excluding steroid dienone is 1. The Morgan fingerprint density at radius 2 is 2.00 bits per heavy atom. The van der Waals surface area contributed by atoms with Gasteiger partial charge in [-0.2, -0.15) is 5.26 Å². The van der Waals surface area contributed by atoms with E-state index in [-0.39, 0.29) is 17.6 Å². The molecule has 1 aromatic heterocycles. The number of rotatable bonds is 7. The standard InChI is InChI=1S/C23H22N4O2S2/c1-14-20(22(29)27-15-6-3-2-4-7-15)21(18-8-5-11-30-18)17(12-24)23(25-14)31-13-19(28)26-16-9-10-16/h2-8,11,16,20-21H,9-10,13H2,1H3,(H,26,28)(H,27,29)/t20?,21-/m0/s1. The normalized spacial score (nSPS) is 20.6. The molecule has 2 aliphatic rings. The average molecular weight is 451 g/mol. The molecule has 0 saturated heterocycles. The van der Waals surface area contributed by atoms with E-state index in [2.05, 4.69) is 21.7 Å². The van der Waals surface area contributed by atoms with Crippen molar-refractivity contribution in [1.82, 2.24) is 5.32 Å². The number of hydrogen-bond donors (Lipinski definition) is 2. The van der Waals surface area contributed by atoms with Crippen molar-refractivity contribution in [1.29, 1.82) is 5.26 Å². The second-order valence-corrected chi connectivity index (χ2v) is 9.48. The molecule has 158 valence electrons. The average Bonchev–Trinajstić information content (AvgIpc) is 3.40. The van der Waals surface area contributed by atoms with Crippen molar-refractivity contribution >= 4 is 46.3 Å².